The molecule has 0 saturated heterocycles. The zero-order valence-electron chi connectivity index (χ0n) is 19.1. The van der Waals surface area contributed by atoms with E-state index in [1.165, 1.54) is 4.68 Å². The van der Waals surface area contributed by atoms with Crippen LogP contribution in [0.1, 0.15) is 12.8 Å². The van der Waals surface area contributed by atoms with Crippen molar-refractivity contribution in [1.29, 1.82) is 0 Å². The van der Waals surface area contributed by atoms with E-state index in [9.17, 15) is 9.59 Å². The first-order chi connectivity index (χ1) is 17.2. The largest absolute Gasteiger partial charge is 0.459 e. The summed E-state index contributed by atoms with van der Waals surface area (Å²) in [6, 6.07) is 12.4. The number of benzene rings is 2. The molecule has 1 N–H and O–H groups in total. The molecule has 1 fully saturated rings. The summed E-state index contributed by atoms with van der Waals surface area (Å²) >= 11 is 12.5. The van der Waals surface area contributed by atoms with E-state index < -0.39 is 3.60 Å². The number of nitrogens with zero attached hydrogens (tertiary/aromatic N) is 5. The molecule has 0 atom stereocenters. The minimum Gasteiger partial charge on any atom is -0.459 e. The van der Waals surface area contributed by atoms with Gasteiger partial charge in [-0.05, 0) is 54.7 Å². The van der Waals surface area contributed by atoms with Gasteiger partial charge in [-0.15, -0.1) is 43.0 Å². The Labute approximate surface area is 221 Å². The Morgan fingerprint density at radius 1 is 1.08 bits per heavy atom. The van der Waals surface area contributed by atoms with Crippen molar-refractivity contribution in [2.75, 3.05) is 0 Å². The molecule has 0 amide bonds. The van der Waals surface area contributed by atoms with Crippen LogP contribution in [0.3, 0.4) is 0 Å². The molecule has 184 valence electrons. The van der Waals surface area contributed by atoms with Gasteiger partial charge in [0.2, 0.25) is 3.60 Å². The molecule has 2 aromatic carbocycles. The molecule has 9 nitrogen and oxygen atoms in total. The second-order valence-electron chi connectivity index (χ2n) is 9.02. The quantitative estimate of drug-likeness (QED) is 0.196. The molecule has 3 aromatic heterocycles. The number of nitrogens with one attached hydrogen (secondary N) is 1. The van der Waals surface area contributed by atoms with E-state index in [1.807, 2.05) is 25.4 Å². The minimum atomic E-state index is -1.26. The monoisotopic (exact) mass is 538 g/mol. The number of hydrogen-bond donors (Lipinski definition) is 4. The van der Waals surface area contributed by atoms with E-state index in [-0.39, 0.29) is 11.2 Å². The number of ether oxygens (including phenoxy) is 1. The number of aromatic nitrogens is 6. The smallest absolute Gasteiger partial charge is 0.327 e. The first kappa shape index (κ1) is 23.3. The van der Waals surface area contributed by atoms with Crippen molar-refractivity contribution in [2.45, 2.75) is 23.0 Å². The van der Waals surface area contributed by atoms with Crippen molar-refractivity contribution in [3.05, 3.63) is 69.5 Å². The van der Waals surface area contributed by atoms with Crippen LogP contribution in [-0.4, -0.2) is 32.7 Å². The Kier molecular flexibility index (Phi) is 5.50. The molecule has 0 spiro atoms. The predicted molar refractivity (Wildman–Crippen MR) is 149 cm³/mol. The molecular weight excluding hydrogens is 517 g/mol. The van der Waals surface area contributed by atoms with Crippen molar-refractivity contribution < 1.29 is 4.74 Å². The van der Waals surface area contributed by atoms with E-state index in [4.69, 9.17) is 4.74 Å². The van der Waals surface area contributed by atoms with Crippen molar-refractivity contribution in [1.82, 2.24) is 29.1 Å². The molecule has 0 aliphatic heterocycles. The van der Waals surface area contributed by atoms with Gasteiger partial charge in [-0.1, -0.05) is 12.1 Å². The van der Waals surface area contributed by atoms with E-state index in [1.54, 1.807) is 39.6 Å². The average Bonchev–Trinajstić information content (AvgIpc) is 3.48. The van der Waals surface area contributed by atoms with E-state index in [0.717, 1.165) is 23.7 Å². The number of imidazole rings is 1. The molecule has 3 heterocycles. The Bertz CT molecular complexity index is 1740. The number of aromatic amines is 1. The molecule has 12 heteroatoms. The van der Waals surface area contributed by atoms with E-state index in [2.05, 4.69) is 53.1 Å². The Balaban J connectivity index is 1.58. The highest BCUT2D eigenvalue weighted by Gasteiger charge is 2.27. The summed E-state index contributed by atoms with van der Waals surface area (Å²) in [7, 11) is 1.84. The molecule has 0 unspecified atom stereocenters. The van der Waals surface area contributed by atoms with Crippen LogP contribution in [0.25, 0.3) is 38.9 Å². The van der Waals surface area contributed by atoms with Crippen molar-refractivity contribution in [2.24, 2.45) is 13.0 Å². The lowest BCUT2D eigenvalue weighted by Crippen LogP contribution is -2.24. The minimum absolute atomic E-state index is 0.282. The zero-order valence-corrected chi connectivity index (χ0v) is 21.8. The third-order valence-corrected chi connectivity index (χ3v) is 6.46. The van der Waals surface area contributed by atoms with Gasteiger partial charge in [0.25, 0.3) is 5.56 Å². The van der Waals surface area contributed by atoms with Crippen LogP contribution >= 0.6 is 37.9 Å². The molecule has 0 radical (unpaired) electrons. The number of H-pyrrole nitrogens is 1. The summed E-state index contributed by atoms with van der Waals surface area (Å²) in [4.78, 5) is 29.8. The van der Waals surface area contributed by atoms with Gasteiger partial charge < -0.3 is 4.74 Å². The van der Waals surface area contributed by atoms with Crippen LogP contribution in [0.2, 0.25) is 0 Å². The normalized spacial score (nSPS) is 14.1. The van der Waals surface area contributed by atoms with E-state index >= 15 is 0 Å². The topological polar surface area (TPSA) is 99.7 Å². The van der Waals surface area contributed by atoms with Gasteiger partial charge in [-0.25, -0.2) is 4.79 Å². The fraction of sp³-hybridized carbons (Fsp3) is 0.250. The maximum absolute atomic E-state index is 14.0. The van der Waals surface area contributed by atoms with Gasteiger partial charge in [-0.2, -0.15) is 9.78 Å². The highest BCUT2D eigenvalue weighted by molar-refractivity contribution is 8.16. The number of aryl methyl sites for hydroxylation is 1. The van der Waals surface area contributed by atoms with Crippen LogP contribution in [0, 0.1) is 5.92 Å². The third kappa shape index (κ3) is 4.33. The van der Waals surface area contributed by atoms with Gasteiger partial charge in [-0.3, -0.25) is 19.0 Å². The Hall–Kier alpha value is -3.09. The van der Waals surface area contributed by atoms with Gasteiger partial charge in [0.05, 0.1) is 16.8 Å². The molecular formula is C24H22N6O3S3. The average molecular weight is 539 g/mol. The van der Waals surface area contributed by atoms with Gasteiger partial charge in [0.15, 0.2) is 5.65 Å². The Morgan fingerprint density at radius 3 is 2.53 bits per heavy atom. The second-order valence-corrected chi connectivity index (χ2v) is 12.0. The van der Waals surface area contributed by atoms with Gasteiger partial charge in [0.1, 0.15) is 11.3 Å². The summed E-state index contributed by atoms with van der Waals surface area (Å²) in [5.74, 6) is 0.908. The third-order valence-electron chi connectivity index (χ3n) is 6.19. The summed E-state index contributed by atoms with van der Waals surface area (Å²) in [6.07, 6.45) is 4.00. The maximum Gasteiger partial charge on any atom is 0.327 e. The molecule has 6 rings (SSSR count). The molecule has 5 aromatic rings. The number of thiol groups is 3. The van der Waals surface area contributed by atoms with Crippen molar-refractivity contribution in [3.8, 4) is 22.6 Å². The Morgan fingerprint density at radius 2 is 1.83 bits per heavy atom. The second kappa shape index (κ2) is 8.49. The number of hydrogen-bond acceptors (Lipinski definition) is 8. The van der Waals surface area contributed by atoms with Crippen LogP contribution in [0.5, 0.6) is 5.75 Å². The lowest BCUT2D eigenvalue weighted by Gasteiger charge is -2.18. The van der Waals surface area contributed by atoms with Gasteiger partial charge in [0, 0.05) is 25.2 Å². The first-order valence-corrected chi connectivity index (χ1v) is 12.7. The molecule has 0 bridgehead atoms. The zero-order chi connectivity index (χ0) is 25.2. The summed E-state index contributed by atoms with van der Waals surface area (Å²) in [5, 5.41) is 9.84. The molecule has 1 aliphatic carbocycles. The van der Waals surface area contributed by atoms with Gasteiger partial charge >= 0.3 is 5.69 Å². The fourth-order valence-electron chi connectivity index (χ4n) is 4.42. The standard InChI is InChI=1S/C24H22N6O3S3/c1-28-12-15-10-16(6-9-18(15)26-28)30-22(31)19(14-4-7-17(8-5-14)33-24(34,35)36)20-21(27-30)25-23(32)29(20)11-13-2-3-13/h4-10,12-13,34-36H,2-3,11H2,1H3,(H,25,27,32). The van der Waals surface area contributed by atoms with Crippen LogP contribution in [0.4, 0.5) is 0 Å². The van der Waals surface area contributed by atoms with Crippen molar-refractivity contribution >= 4 is 60.0 Å². The van der Waals surface area contributed by atoms with Crippen LogP contribution in [-0.2, 0) is 13.6 Å². The molecule has 1 aliphatic rings. The molecule has 1 saturated carbocycles. The molecule has 36 heavy (non-hydrogen) atoms. The van der Waals surface area contributed by atoms with Crippen molar-refractivity contribution in [3.63, 3.8) is 0 Å². The maximum atomic E-state index is 14.0. The lowest BCUT2D eigenvalue weighted by molar-refractivity contribution is 0.345. The number of rotatable bonds is 6. The predicted octanol–water partition coefficient (Wildman–Crippen LogP) is 3.62. The summed E-state index contributed by atoms with van der Waals surface area (Å²) < 4.78 is 8.98. The highest BCUT2D eigenvalue weighted by atomic mass is 32.2. The highest BCUT2D eigenvalue weighted by Crippen LogP contribution is 2.34. The SMILES string of the molecule is Cn1cc2cc(-n3nc4[nH]c(=O)n(CC5CC5)c4c(-c4ccc(OC(S)(S)S)cc4)c3=O)ccc2n1. The van der Waals surface area contributed by atoms with Crippen LogP contribution < -0.4 is 16.0 Å². The lowest BCUT2D eigenvalue weighted by atomic mass is 10.1. The summed E-state index contributed by atoms with van der Waals surface area (Å²) in [5.41, 5.74) is 2.62. The fourth-order valence-corrected chi connectivity index (χ4v) is 4.74. The van der Waals surface area contributed by atoms with E-state index in [0.29, 0.717) is 46.2 Å². The van der Waals surface area contributed by atoms with Crippen LogP contribution in [0.15, 0.2) is 58.3 Å². The first-order valence-electron chi connectivity index (χ1n) is 11.3. The summed E-state index contributed by atoms with van der Waals surface area (Å²) in [6.45, 7) is 0.543. The number of fused-ring (bicyclic) bond motifs is 2.